The molecule has 272 valence electrons. The predicted molar refractivity (Wildman–Crippen MR) is 210 cm³/mol. The van der Waals surface area contributed by atoms with Gasteiger partial charge in [-0.3, -0.25) is 9.59 Å². The number of methoxy groups -OCH3 is 1. The number of ether oxygens (including phenoxy) is 3. The quantitative estimate of drug-likeness (QED) is 0.172. The first-order chi connectivity index (χ1) is 25.0. The molecule has 0 radical (unpaired) electrons. The highest BCUT2D eigenvalue weighted by Gasteiger charge is 2.24. The number of hydrogen-bond acceptors (Lipinski definition) is 10. The Hall–Kier alpha value is -3.86. The molecular formula is C36H32Br4N4O8. The third-order valence-electron chi connectivity index (χ3n) is 8.16. The van der Waals surface area contributed by atoms with Gasteiger partial charge in [0.25, 0.3) is 0 Å². The summed E-state index contributed by atoms with van der Waals surface area (Å²) in [7, 11) is 1.48. The number of carbonyl (C=O) groups is 2. The lowest BCUT2D eigenvalue weighted by molar-refractivity contribution is -0.123. The Morgan fingerprint density at radius 3 is 1.87 bits per heavy atom. The van der Waals surface area contributed by atoms with Crippen molar-refractivity contribution in [2.75, 3.05) is 20.2 Å². The van der Waals surface area contributed by atoms with Crippen LogP contribution in [-0.4, -0.2) is 49.2 Å². The normalized spacial score (nSPS) is 17.3. The number of nitrogens with zero attached hydrogens (tertiary/aromatic N) is 2. The van der Waals surface area contributed by atoms with E-state index in [0.29, 0.717) is 72.1 Å². The number of amides is 2. The standard InChI is InChI=1S/C36H32Br4N4O8/c1-50-34-26(40)14-22-16-28(44-49)36(47)42-10-8-20-4-6-29(45)31(17-20)51-30-7-5-19(11-23(30)37)3-2-9-41-35(46)27(43-48)15-21-12-24(38)33(25(39)13-21)52-32(34)18-22/h4-7,11-14,17-18,27-28,45H,2-3,8-10,15-16H2,1H3,(H,41,46)(H,42,47). The first kappa shape index (κ1) is 39.3. The summed E-state index contributed by atoms with van der Waals surface area (Å²) >= 11 is 14.1. The van der Waals surface area contributed by atoms with Crippen molar-refractivity contribution >= 4 is 75.5 Å². The summed E-state index contributed by atoms with van der Waals surface area (Å²) in [5, 5.41) is 22.3. The second kappa shape index (κ2) is 18.3. The summed E-state index contributed by atoms with van der Waals surface area (Å²) in [4.78, 5) is 49.7. The molecule has 0 saturated heterocycles. The number of hydrogen-bond donors (Lipinski definition) is 3. The Labute approximate surface area is 332 Å². The lowest BCUT2D eigenvalue weighted by Gasteiger charge is -2.18. The molecule has 7 rings (SSSR count). The third-order valence-corrected chi connectivity index (χ3v) is 10.5. The summed E-state index contributed by atoms with van der Waals surface area (Å²) in [5.74, 6) is 0.638. The fourth-order valence-corrected chi connectivity index (χ4v) is 8.12. The van der Waals surface area contributed by atoms with Gasteiger partial charge >= 0.3 is 0 Å². The van der Waals surface area contributed by atoms with Crippen molar-refractivity contribution in [3.05, 3.63) is 111 Å². The maximum absolute atomic E-state index is 13.1. The maximum atomic E-state index is 13.1. The van der Waals surface area contributed by atoms with E-state index in [1.165, 1.54) is 13.2 Å². The molecule has 12 nitrogen and oxygen atoms in total. The number of rotatable bonds is 3. The summed E-state index contributed by atoms with van der Waals surface area (Å²) in [5.41, 5.74) is 2.98. The molecule has 3 heterocycles. The van der Waals surface area contributed by atoms with Crippen LogP contribution in [0.1, 0.15) is 28.7 Å². The molecule has 0 fully saturated rings. The van der Waals surface area contributed by atoms with E-state index in [4.69, 9.17) is 14.2 Å². The summed E-state index contributed by atoms with van der Waals surface area (Å²) < 4.78 is 20.1. The van der Waals surface area contributed by atoms with Crippen LogP contribution >= 0.6 is 63.7 Å². The van der Waals surface area contributed by atoms with Crippen molar-refractivity contribution in [1.82, 2.24) is 10.6 Å². The Morgan fingerprint density at radius 2 is 1.23 bits per heavy atom. The lowest BCUT2D eigenvalue weighted by Crippen LogP contribution is -2.35. The van der Waals surface area contributed by atoms with Gasteiger partial charge in [0, 0.05) is 25.9 Å². The fraction of sp³-hybridized carbons (Fsp3) is 0.278. The van der Waals surface area contributed by atoms with Crippen LogP contribution in [0.3, 0.4) is 0 Å². The molecule has 2 atom stereocenters. The Balaban J connectivity index is 1.44. The van der Waals surface area contributed by atoms with Crippen LogP contribution < -0.4 is 24.8 Å². The topological polar surface area (TPSA) is 165 Å². The largest absolute Gasteiger partial charge is 0.504 e. The first-order valence-corrected chi connectivity index (χ1v) is 19.2. The Kier molecular flexibility index (Phi) is 13.8. The van der Waals surface area contributed by atoms with Gasteiger partial charge in [0.1, 0.15) is 5.75 Å². The molecule has 0 spiro atoms. The second-order valence-corrected chi connectivity index (χ2v) is 15.3. The number of phenolic OH excluding ortho intramolecular Hbond substituents is 1. The zero-order chi connectivity index (χ0) is 37.4. The number of aromatic hydroxyl groups is 1. The van der Waals surface area contributed by atoms with Gasteiger partial charge < -0.3 is 30.0 Å². The lowest BCUT2D eigenvalue weighted by atomic mass is 10.0. The first-order valence-electron chi connectivity index (χ1n) is 16.0. The monoisotopic (exact) mass is 964 g/mol. The average Bonchev–Trinajstić information content (AvgIpc) is 3.11. The Bertz CT molecular complexity index is 1970. The van der Waals surface area contributed by atoms with E-state index >= 15 is 0 Å². The zero-order valence-electron chi connectivity index (χ0n) is 27.6. The maximum Gasteiger partial charge on any atom is 0.248 e. The molecule has 2 unspecified atom stereocenters. The highest BCUT2D eigenvalue weighted by molar-refractivity contribution is 9.11. The minimum Gasteiger partial charge on any atom is -0.504 e. The molecule has 4 aromatic rings. The zero-order valence-corrected chi connectivity index (χ0v) is 33.9. The molecule has 3 aliphatic heterocycles. The number of aryl methyl sites for hydroxylation is 1. The van der Waals surface area contributed by atoms with Crippen LogP contribution in [0.5, 0.6) is 34.5 Å². The molecular weight excluding hydrogens is 936 g/mol. The van der Waals surface area contributed by atoms with E-state index < -0.39 is 23.9 Å². The van der Waals surface area contributed by atoms with Crippen LogP contribution in [-0.2, 0) is 35.3 Å². The molecule has 4 aromatic carbocycles. The fourth-order valence-electron chi connectivity index (χ4n) is 5.52. The van der Waals surface area contributed by atoms with Crippen molar-refractivity contribution in [3.8, 4) is 34.5 Å². The SMILES string of the molecule is COc1c(Br)cc2cc1Oc1c(Br)cc(cc1Br)CC(N=O)C(=O)NCCCc1ccc(c(Br)c1)Oc1cc(ccc1O)CCNC(=O)C(N=O)C2. The van der Waals surface area contributed by atoms with E-state index in [-0.39, 0.29) is 36.6 Å². The highest BCUT2D eigenvalue weighted by Crippen LogP contribution is 2.44. The Morgan fingerprint density at radius 1 is 0.673 bits per heavy atom. The van der Waals surface area contributed by atoms with Gasteiger partial charge in [-0.2, -0.15) is 0 Å². The third kappa shape index (κ3) is 9.96. The van der Waals surface area contributed by atoms with E-state index in [2.05, 4.69) is 84.7 Å². The van der Waals surface area contributed by atoms with E-state index in [1.54, 1.807) is 42.5 Å². The molecule has 0 aromatic heterocycles. The van der Waals surface area contributed by atoms with Crippen LogP contribution in [0.2, 0.25) is 0 Å². The number of benzene rings is 4. The molecule has 0 aliphatic carbocycles. The van der Waals surface area contributed by atoms with Crippen molar-refractivity contribution < 1.29 is 28.9 Å². The van der Waals surface area contributed by atoms with Gasteiger partial charge in [0.05, 0.1) is 25.0 Å². The van der Waals surface area contributed by atoms with Crippen LogP contribution in [0.15, 0.2) is 88.9 Å². The molecule has 52 heavy (non-hydrogen) atoms. The number of phenols is 1. The molecule has 2 amide bonds. The van der Waals surface area contributed by atoms with Crippen LogP contribution in [0.4, 0.5) is 0 Å². The highest BCUT2D eigenvalue weighted by atomic mass is 79.9. The number of halogens is 4. The average molecular weight is 968 g/mol. The molecule has 0 saturated carbocycles. The van der Waals surface area contributed by atoms with Gasteiger partial charge in [-0.05, 0) is 154 Å². The predicted octanol–water partition coefficient (Wildman–Crippen LogP) is 8.81. The van der Waals surface area contributed by atoms with Gasteiger partial charge in [0.2, 0.25) is 11.8 Å². The second-order valence-electron chi connectivity index (χ2n) is 11.9. The van der Waals surface area contributed by atoms with E-state index in [9.17, 15) is 24.5 Å². The molecule has 3 aliphatic rings. The van der Waals surface area contributed by atoms with E-state index in [1.807, 2.05) is 12.1 Å². The molecule has 3 N–H and O–H groups in total. The molecule has 8 bridgehead atoms. The van der Waals surface area contributed by atoms with Gasteiger partial charge in [0.15, 0.2) is 40.8 Å². The van der Waals surface area contributed by atoms with Crippen molar-refractivity contribution in [2.45, 2.75) is 44.2 Å². The van der Waals surface area contributed by atoms with Gasteiger partial charge in [-0.15, -0.1) is 9.81 Å². The minimum atomic E-state index is -1.24. The number of fused-ring (bicyclic) bond motifs is 2. The summed E-state index contributed by atoms with van der Waals surface area (Å²) in [6.07, 6.45) is 1.66. The van der Waals surface area contributed by atoms with Crippen LogP contribution in [0, 0.1) is 9.81 Å². The van der Waals surface area contributed by atoms with Crippen molar-refractivity contribution in [1.29, 1.82) is 0 Å². The van der Waals surface area contributed by atoms with Crippen LogP contribution in [0.25, 0.3) is 0 Å². The summed E-state index contributed by atoms with van der Waals surface area (Å²) in [6, 6.07) is 14.9. The minimum absolute atomic E-state index is 0.0252. The number of nitrogens with one attached hydrogen (secondary N) is 2. The van der Waals surface area contributed by atoms with Gasteiger partial charge in [-0.25, -0.2) is 0 Å². The number of carbonyl (C=O) groups excluding carboxylic acids is 2. The summed E-state index contributed by atoms with van der Waals surface area (Å²) in [6.45, 7) is 0.540. The molecule has 16 heteroatoms. The van der Waals surface area contributed by atoms with E-state index in [0.717, 1.165) is 11.1 Å². The van der Waals surface area contributed by atoms with Crippen molar-refractivity contribution in [2.24, 2.45) is 10.4 Å². The van der Waals surface area contributed by atoms with Gasteiger partial charge in [-0.1, -0.05) is 22.5 Å². The van der Waals surface area contributed by atoms with Crippen molar-refractivity contribution in [3.63, 3.8) is 0 Å². The smallest absolute Gasteiger partial charge is 0.248 e. The number of nitroso groups, excluding NO2 is 2.